The molecule has 0 radical (unpaired) electrons. The molecule has 0 saturated carbocycles. The smallest absolute Gasteiger partial charge is 0.339 e. The number of hydrogen-bond acceptors (Lipinski definition) is 6. The number of methoxy groups -OCH3 is 1. The Hall–Kier alpha value is -2.86. The molecule has 0 fully saturated rings. The highest BCUT2D eigenvalue weighted by molar-refractivity contribution is 5.84. The van der Waals surface area contributed by atoms with Crippen LogP contribution in [0.1, 0.15) is 44.4 Å². The largest absolute Gasteiger partial charge is 0.493 e. The van der Waals surface area contributed by atoms with Gasteiger partial charge >= 0.3 is 5.97 Å². The first-order chi connectivity index (χ1) is 13.8. The van der Waals surface area contributed by atoms with Crippen molar-refractivity contribution < 1.29 is 28.5 Å². The summed E-state index contributed by atoms with van der Waals surface area (Å²) in [5, 5.41) is 0. The first-order valence-corrected chi connectivity index (χ1v) is 9.59. The molecule has 0 amide bonds. The van der Waals surface area contributed by atoms with Crippen molar-refractivity contribution in [3.63, 3.8) is 0 Å². The van der Waals surface area contributed by atoms with E-state index in [1.54, 1.807) is 18.2 Å². The van der Waals surface area contributed by atoms with E-state index in [2.05, 4.69) is 0 Å². The van der Waals surface area contributed by atoms with Crippen LogP contribution in [0.15, 0.2) is 36.4 Å². The molecule has 2 aromatic rings. The molecule has 1 aliphatic heterocycles. The van der Waals surface area contributed by atoms with Crippen LogP contribution in [0, 0.1) is 0 Å². The van der Waals surface area contributed by atoms with E-state index in [-0.39, 0.29) is 0 Å². The van der Waals surface area contributed by atoms with E-state index < -0.39 is 17.7 Å². The number of aryl methyl sites for hydroxylation is 1. The molecule has 154 valence electrons. The molecular weight excluding hydrogens is 372 g/mol. The summed E-state index contributed by atoms with van der Waals surface area (Å²) < 4.78 is 22.0. The minimum atomic E-state index is -0.975. The van der Waals surface area contributed by atoms with Crippen LogP contribution in [0.2, 0.25) is 0 Å². The molecule has 29 heavy (non-hydrogen) atoms. The highest BCUT2D eigenvalue weighted by Crippen LogP contribution is 2.41. The normalized spacial score (nSPS) is 14.3. The Morgan fingerprint density at radius 2 is 2.00 bits per heavy atom. The minimum absolute atomic E-state index is 0.348. The Labute approximate surface area is 170 Å². The summed E-state index contributed by atoms with van der Waals surface area (Å²) >= 11 is 0. The van der Waals surface area contributed by atoms with Crippen molar-refractivity contribution in [1.82, 2.24) is 0 Å². The van der Waals surface area contributed by atoms with Crippen molar-refractivity contribution in [3.8, 4) is 22.6 Å². The van der Waals surface area contributed by atoms with Gasteiger partial charge in [-0.3, -0.25) is 4.79 Å². The van der Waals surface area contributed by atoms with E-state index in [4.69, 9.17) is 18.9 Å². The summed E-state index contributed by atoms with van der Waals surface area (Å²) in [6.07, 6.45) is 0.861. The van der Waals surface area contributed by atoms with Gasteiger partial charge in [-0.15, -0.1) is 0 Å². The second-order valence-corrected chi connectivity index (χ2v) is 7.84. The zero-order valence-corrected chi connectivity index (χ0v) is 17.2. The van der Waals surface area contributed by atoms with E-state index in [0.717, 1.165) is 29.7 Å². The van der Waals surface area contributed by atoms with Gasteiger partial charge in [0.2, 0.25) is 0 Å². The Morgan fingerprint density at radius 3 is 2.69 bits per heavy atom. The summed E-state index contributed by atoms with van der Waals surface area (Å²) in [6, 6.07) is 11.0. The lowest BCUT2D eigenvalue weighted by atomic mass is 9.92. The maximum Gasteiger partial charge on any atom is 0.339 e. The molecule has 6 heteroatoms. The molecule has 0 aromatic heterocycles. The van der Waals surface area contributed by atoms with Crippen molar-refractivity contribution in [3.05, 3.63) is 47.5 Å². The van der Waals surface area contributed by atoms with Crippen molar-refractivity contribution in [2.75, 3.05) is 13.7 Å². The topological polar surface area (TPSA) is 71.1 Å². The molecule has 1 aliphatic rings. The minimum Gasteiger partial charge on any atom is -0.493 e. The number of carbonyl (C=O) groups is 2. The van der Waals surface area contributed by atoms with Crippen LogP contribution in [0.4, 0.5) is 0 Å². The van der Waals surface area contributed by atoms with E-state index >= 15 is 0 Å². The Bertz CT molecular complexity index is 897. The fraction of sp³-hybridized carbons (Fsp3) is 0.391. The maximum atomic E-state index is 12.6. The molecule has 1 unspecified atom stereocenters. The zero-order chi connectivity index (χ0) is 21.0. The van der Waals surface area contributed by atoms with Crippen LogP contribution in [0.3, 0.4) is 0 Å². The molecule has 0 N–H and O–H groups in total. The maximum absolute atomic E-state index is 12.6. The molecule has 0 spiro atoms. The molecule has 2 aromatic carbocycles. The lowest BCUT2D eigenvalue weighted by Gasteiger charge is -2.28. The number of benzene rings is 2. The summed E-state index contributed by atoms with van der Waals surface area (Å²) in [5.41, 5.74) is 2.48. The van der Waals surface area contributed by atoms with Crippen LogP contribution in [0.5, 0.6) is 11.5 Å². The van der Waals surface area contributed by atoms with Gasteiger partial charge in [-0.25, -0.2) is 4.79 Å². The second-order valence-electron chi connectivity index (χ2n) is 7.84. The number of carbonyl (C=O) groups excluding carboxylic acids is 2. The van der Waals surface area contributed by atoms with E-state index in [1.165, 1.54) is 7.11 Å². The zero-order valence-electron chi connectivity index (χ0n) is 17.2. The average molecular weight is 398 g/mol. The summed E-state index contributed by atoms with van der Waals surface area (Å²) in [4.78, 5) is 23.7. The lowest BCUT2D eigenvalue weighted by Crippen LogP contribution is -2.28. The Balaban J connectivity index is 2.18. The van der Waals surface area contributed by atoms with Gasteiger partial charge in [-0.1, -0.05) is 18.2 Å². The summed E-state index contributed by atoms with van der Waals surface area (Å²) in [7, 11) is 1.32. The van der Waals surface area contributed by atoms with Crippen LogP contribution in [0.25, 0.3) is 11.1 Å². The number of ether oxygens (including phenoxy) is 4. The number of hydrogen-bond donors (Lipinski definition) is 0. The SMILES string of the molecule is COC(=O)C(OC(C)(C)C)c1cccc(OC=O)c1-c1ccc2c(c1)CCCO2. The van der Waals surface area contributed by atoms with Crippen molar-refractivity contribution in [1.29, 1.82) is 0 Å². The summed E-state index contributed by atoms with van der Waals surface area (Å²) in [6.45, 7) is 6.67. The van der Waals surface area contributed by atoms with Crippen molar-refractivity contribution in [2.45, 2.75) is 45.3 Å². The Kier molecular flexibility index (Phi) is 6.23. The molecular formula is C23H26O6. The molecule has 1 atom stereocenters. The standard InChI is InChI=1S/C23H26O6/c1-23(2,3)29-21(22(25)26-4)17-8-5-9-19(28-14-24)20(17)16-10-11-18-15(13-16)7-6-12-27-18/h5,8-11,13-14,21H,6-7,12H2,1-4H3. The first kappa shape index (κ1) is 20.9. The number of esters is 1. The van der Waals surface area contributed by atoms with E-state index in [0.29, 0.717) is 30.0 Å². The lowest BCUT2D eigenvalue weighted by molar-refractivity contribution is -0.164. The van der Waals surface area contributed by atoms with Gasteiger partial charge in [0.25, 0.3) is 6.47 Å². The van der Waals surface area contributed by atoms with Crippen LogP contribution < -0.4 is 9.47 Å². The highest BCUT2D eigenvalue weighted by Gasteiger charge is 2.31. The fourth-order valence-electron chi connectivity index (χ4n) is 3.44. The van der Waals surface area contributed by atoms with Gasteiger partial charge in [0, 0.05) is 11.1 Å². The third-order valence-corrected chi connectivity index (χ3v) is 4.60. The average Bonchev–Trinajstić information content (AvgIpc) is 2.70. The van der Waals surface area contributed by atoms with Gasteiger partial charge < -0.3 is 18.9 Å². The van der Waals surface area contributed by atoms with Gasteiger partial charge in [0.05, 0.1) is 19.3 Å². The molecule has 0 aliphatic carbocycles. The fourth-order valence-corrected chi connectivity index (χ4v) is 3.44. The summed E-state index contributed by atoms with van der Waals surface area (Å²) in [5.74, 6) is 0.678. The predicted molar refractivity (Wildman–Crippen MR) is 108 cm³/mol. The van der Waals surface area contributed by atoms with E-state index in [1.807, 2.05) is 39.0 Å². The molecule has 0 saturated heterocycles. The van der Waals surface area contributed by atoms with Crippen LogP contribution in [-0.4, -0.2) is 31.8 Å². The third kappa shape index (κ3) is 4.77. The van der Waals surface area contributed by atoms with Crippen molar-refractivity contribution in [2.24, 2.45) is 0 Å². The van der Waals surface area contributed by atoms with Crippen LogP contribution in [-0.2, 0) is 25.5 Å². The third-order valence-electron chi connectivity index (χ3n) is 4.60. The van der Waals surface area contributed by atoms with Gasteiger partial charge in [-0.05, 0) is 62.9 Å². The quantitative estimate of drug-likeness (QED) is 0.535. The molecule has 0 bridgehead atoms. The Morgan fingerprint density at radius 1 is 1.21 bits per heavy atom. The number of fused-ring (bicyclic) bond motifs is 1. The van der Waals surface area contributed by atoms with Crippen molar-refractivity contribution >= 4 is 12.4 Å². The number of rotatable bonds is 6. The first-order valence-electron chi connectivity index (χ1n) is 9.59. The monoisotopic (exact) mass is 398 g/mol. The van der Waals surface area contributed by atoms with Crippen LogP contribution >= 0.6 is 0 Å². The molecule has 3 rings (SSSR count). The second kappa shape index (κ2) is 8.66. The molecule has 1 heterocycles. The highest BCUT2D eigenvalue weighted by atomic mass is 16.6. The van der Waals surface area contributed by atoms with E-state index in [9.17, 15) is 9.59 Å². The van der Waals surface area contributed by atoms with Gasteiger partial charge in [-0.2, -0.15) is 0 Å². The predicted octanol–water partition coefficient (Wildman–Crippen LogP) is 4.24. The van der Waals surface area contributed by atoms with Gasteiger partial charge in [0.15, 0.2) is 6.10 Å². The molecule has 6 nitrogen and oxygen atoms in total. The van der Waals surface area contributed by atoms with Gasteiger partial charge in [0.1, 0.15) is 11.5 Å².